The highest BCUT2D eigenvalue weighted by Crippen LogP contribution is 2.28. The molecule has 1 atom stereocenters. The number of hydrogen-bond donors (Lipinski definition) is 0. The van der Waals surface area contributed by atoms with Gasteiger partial charge in [0.25, 0.3) is 0 Å². The molecular formula is C18H30N4O. The molecule has 1 saturated heterocycles. The molecule has 128 valence electrons. The molecule has 1 aliphatic carbocycles. The number of nitrogens with zero attached hydrogens (tertiary/aromatic N) is 4. The Balaban J connectivity index is 1.54. The van der Waals surface area contributed by atoms with Crippen LogP contribution in [0.1, 0.15) is 44.0 Å². The van der Waals surface area contributed by atoms with Crippen molar-refractivity contribution in [3.05, 3.63) is 17.5 Å². The van der Waals surface area contributed by atoms with Gasteiger partial charge in [-0.2, -0.15) is 5.10 Å². The van der Waals surface area contributed by atoms with Crippen LogP contribution in [-0.4, -0.2) is 57.7 Å². The minimum Gasteiger partial charge on any atom is -0.341 e. The molecule has 1 aromatic rings. The van der Waals surface area contributed by atoms with Gasteiger partial charge >= 0.3 is 0 Å². The highest BCUT2D eigenvalue weighted by Gasteiger charge is 2.30. The summed E-state index contributed by atoms with van der Waals surface area (Å²) < 4.78 is 2.11. The molecule has 2 heterocycles. The smallest absolute Gasteiger partial charge is 0.225 e. The molecule has 5 heteroatoms. The van der Waals surface area contributed by atoms with Crippen molar-refractivity contribution in [3.8, 4) is 0 Å². The van der Waals surface area contributed by atoms with Crippen molar-refractivity contribution in [3.63, 3.8) is 0 Å². The predicted molar refractivity (Wildman–Crippen MR) is 91.3 cm³/mol. The van der Waals surface area contributed by atoms with Crippen LogP contribution in [0.4, 0.5) is 0 Å². The summed E-state index contributed by atoms with van der Waals surface area (Å²) in [6.45, 7) is 11.2. The zero-order valence-corrected chi connectivity index (χ0v) is 14.8. The molecule has 2 aliphatic rings. The molecule has 1 amide bonds. The third-order valence-electron chi connectivity index (χ3n) is 5.46. The molecule has 2 fully saturated rings. The van der Waals surface area contributed by atoms with Crippen LogP contribution in [0.5, 0.6) is 0 Å². The standard InChI is InChI=1S/C18H30N4O/c1-14-12-15(2)22(19-14)13-16(3)20-8-5-9-21(11-10-20)18(23)17-6-4-7-17/h12,16-17H,4-11,13H2,1-3H3/t16-/m1/s1. The van der Waals surface area contributed by atoms with Gasteiger partial charge in [-0.3, -0.25) is 14.4 Å². The summed E-state index contributed by atoms with van der Waals surface area (Å²) in [5.41, 5.74) is 2.31. The number of aromatic nitrogens is 2. The first kappa shape index (κ1) is 16.5. The predicted octanol–water partition coefficient (Wildman–Crippen LogP) is 2.22. The summed E-state index contributed by atoms with van der Waals surface area (Å²) in [6, 6.07) is 2.58. The van der Waals surface area contributed by atoms with E-state index in [4.69, 9.17) is 0 Å². The lowest BCUT2D eigenvalue weighted by Crippen LogP contribution is -2.42. The highest BCUT2D eigenvalue weighted by atomic mass is 16.2. The van der Waals surface area contributed by atoms with Gasteiger partial charge in [0.2, 0.25) is 5.91 Å². The third kappa shape index (κ3) is 3.77. The summed E-state index contributed by atoms with van der Waals surface area (Å²) in [6.07, 6.45) is 4.52. The van der Waals surface area contributed by atoms with Gasteiger partial charge in [0.1, 0.15) is 0 Å². The highest BCUT2D eigenvalue weighted by molar-refractivity contribution is 5.79. The molecule has 0 bridgehead atoms. The summed E-state index contributed by atoms with van der Waals surface area (Å²) >= 11 is 0. The van der Waals surface area contributed by atoms with Crippen molar-refractivity contribution in [1.29, 1.82) is 0 Å². The first-order chi connectivity index (χ1) is 11.0. The maximum atomic E-state index is 12.4. The number of carbonyl (C=O) groups excluding carboxylic acids is 1. The number of hydrogen-bond acceptors (Lipinski definition) is 3. The zero-order chi connectivity index (χ0) is 16.4. The Morgan fingerprint density at radius 1 is 1.22 bits per heavy atom. The van der Waals surface area contributed by atoms with E-state index in [9.17, 15) is 4.79 Å². The van der Waals surface area contributed by atoms with E-state index in [0.717, 1.165) is 57.7 Å². The Morgan fingerprint density at radius 2 is 2.00 bits per heavy atom. The van der Waals surface area contributed by atoms with Gasteiger partial charge in [-0.25, -0.2) is 0 Å². The van der Waals surface area contributed by atoms with Crippen molar-refractivity contribution in [1.82, 2.24) is 19.6 Å². The molecule has 0 radical (unpaired) electrons. The molecule has 23 heavy (non-hydrogen) atoms. The summed E-state index contributed by atoms with van der Waals surface area (Å²) in [7, 11) is 0. The normalized spacial score (nSPS) is 21.8. The Bertz CT molecular complexity index is 549. The van der Waals surface area contributed by atoms with Crippen molar-refractivity contribution < 1.29 is 4.79 Å². The molecule has 5 nitrogen and oxygen atoms in total. The SMILES string of the molecule is Cc1cc(C)n(C[C@@H](C)N2CCCN(C(=O)C3CCC3)CC2)n1. The molecule has 3 rings (SSSR count). The molecule has 1 aromatic heterocycles. The molecule has 1 aliphatic heterocycles. The minimum absolute atomic E-state index is 0.327. The Kier molecular flexibility index (Phi) is 5.05. The van der Waals surface area contributed by atoms with Crippen molar-refractivity contribution in [2.75, 3.05) is 26.2 Å². The molecule has 0 aromatic carbocycles. The van der Waals surface area contributed by atoms with E-state index in [1.807, 2.05) is 6.92 Å². The van der Waals surface area contributed by atoms with Crippen molar-refractivity contribution in [2.45, 2.75) is 59.0 Å². The summed E-state index contributed by atoms with van der Waals surface area (Å²) in [4.78, 5) is 17.1. The zero-order valence-electron chi connectivity index (χ0n) is 14.8. The van der Waals surface area contributed by atoms with E-state index in [0.29, 0.717) is 17.9 Å². The van der Waals surface area contributed by atoms with Crippen LogP contribution in [0.15, 0.2) is 6.07 Å². The lowest BCUT2D eigenvalue weighted by atomic mass is 9.84. The second-order valence-electron chi connectivity index (χ2n) is 7.30. The molecule has 0 spiro atoms. The number of aryl methyl sites for hydroxylation is 2. The fraction of sp³-hybridized carbons (Fsp3) is 0.778. The van der Waals surface area contributed by atoms with Gasteiger partial charge in [-0.05, 0) is 46.1 Å². The second-order valence-corrected chi connectivity index (χ2v) is 7.30. The average molecular weight is 318 g/mol. The summed E-state index contributed by atoms with van der Waals surface area (Å²) in [5, 5.41) is 4.58. The van der Waals surface area contributed by atoms with Crippen molar-refractivity contribution in [2.24, 2.45) is 5.92 Å². The van der Waals surface area contributed by atoms with Crippen LogP contribution in [0.3, 0.4) is 0 Å². The second kappa shape index (κ2) is 7.04. The minimum atomic E-state index is 0.327. The molecule has 0 N–H and O–H groups in total. The first-order valence-electron chi connectivity index (χ1n) is 9.08. The molecular weight excluding hydrogens is 288 g/mol. The summed E-state index contributed by atoms with van der Waals surface area (Å²) in [5.74, 6) is 0.734. The van der Waals surface area contributed by atoms with Gasteiger partial charge in [0.15, 0.2) is 0 Å². The van der Waals surface area contributed by atoms with Crippen LogP contribution in [0, 0.1) is 19.8 Å². The van der Waals surface area contributed by atoms with Crippen LogP contribution in [-0.2, 0) is 11.3 Å². The monoisotopic (exact) mass is 318 g/mol. The van der Waals surface area contributed by atoms with E-state index < -0.39 is 0 Å². The Labute approximate surface area is 139 Å². The van der Waals surface area contributed by atoms with Crippen LogP contribution < -0.4 is 0 Å². The first-order valence-corrected chi connectivity index (χ1v) is 9.08. The average Bonchev–Trinajstić information content (AvgIpc) is 2.66. The van der Waals surface area contributed by atoms with Crippen molar-refractivity contribution >= 4 is 5.91 Å². The van der Waals surface area contributed by atoms with Crippen LogP contribution in [0.25, 0.3) is 0 Å². The van der Waals surface area contributed by atoms with E-state index in [-0.39, 0.29) is 0 Å². The quantitative estimate of drug-likeness (QED) is 0.855. The van der Waals surface area contributed by atoms with Gasteiger partial charge in [0.05, 0.1) is 12.2 Å². The number of amides is 1. The maximum absolute atomic E-state index is 12.4. The van der Waals surface area contributed by atoms with E-state index in [1.165, 1.54) is 12.1 Å². The lowest BCUT2D eigenvalue weighted by Gasteiger charge is -2.31. The van der Waals surface area contributed by atoms with E-state index in [1.54, 1.807) is 0 Å². The molecule has 0 unspecified atom stereocenters. The van der Waals surface area contributed by atoms with Gasteiger partial charge in [0, 0.05) is 43.8 Å². The maximum Gasteiger partial charge on any atom is 0.225 e. The third-order valence-corrected chi connectivity index (χ3v) is 5.46. The topological polar surface area (TPSA) is 41.4 Å². The van der Waals surface area contributed by atoms with Crippen LogP contribution >= 0.6 is 0 Å². The van der Waals surface area contributed by atoms with E-state index >= 15 is 0 Å². The number of rotatable bonds is 4. The Hall–Kier alpha value is -1.36. The molecule has 1 saturated carbocycles. The number of carbonyl (C=O) groups is 1. The fourth-order valence-electron chi connectivity index (χ4n) is 3.74. The van der Waals surface area contributed by atoms with Gasteiger partial charge < -0.3 is 4.90 Å². The lowest BCUT2D eigenvalue weighted by molar-refractivity contribution is -0.138. The van der Waals surface area contributed by atoms with Gasteiger partial charge in [-0.1, -0.05) is 6.42 Å². The van der Waals surface area contributed by atoms with Gasteiger partial charge in [-0.15, -0.1) is 0 Å². The fourth-order valence-corrected chi connectivity index (χ4v) is 3.74. The van der Waals surface area contributed by atoms with Crippen LogP contribution in [0.2, 0.25) is 0 Å². The Morgan fingerprint density at radius 3 is 2.61 bits per heavy atom. The largest absolute Gasteiger partial charge is 0.341 e. The van der Waals surface area contributed by atoms with E-state index in [2.05, 4.69) is 39.5 Å².